The molecular weight excluding hydrogens is 379 g/mol. The number of alkyl halides is 3. The number of hydrogen-bond donors (Lipinski definition) is 1. The summed E-state index contributed by atoms with van der Waals surface area (Å²) in [4.78, 5) is -0.625. The van der Waals surface area contributed by atoms with Crippen molar-refractivity contribution in [2.75, 3.05) is 11.5 Å². The zero-order chi connectivity index (χ0) is 17.7. The highest BCUT2D eigenvalue weighted by atomic mass is 35.5. The summed E-state index contributed by atoms with van der Waals surface area (Å²) < 4.78 is 88.2. The Morgan fingerprint density at radius 3 is 2.39 bits per heavy atom. The van der Waals surface area contributed by atoms with Gasteiger partial charge in [0.2, 0.25) is 10.0 Å². The molecule has 1 aromatic carbocycles. The number of rotatable bonds is 3. The molecule has 0 saturated carbocycles. The average molecular weight is 392 g/mol. The minimum Gasteiger partial charge on any atom is -0.229 e. The van der Waals surface area contributed by atoms with Gasteiger partial charge in [-0.05, 0) is 31.5 Å². The number of hydrogen-bond acceptors (Lipinski definition) is 4. The lowest BCUT2D eigenvalue weighted by Crippen LogP contribution is -2.46. The van der Waals surface area contributed by atoms with E-state index in [1.807, 2.05) is 0 Å². The summed E-state index contributed by atoms with van der Waals surface area (Å²) >= 11 is 5.45. The number of sulfone groups is 1. The predicted octanol–water partition coefficient (Wildman–Crippen LogP) is 2.21. The Morgan fingerprint density at radius 2 is 1.91 bits per heavy atom. The molecule has 130 valence electrons. The number of sulfonamides is 1. The first-order valence-corrected chi connectivity index (χ1v) is 10.0. The van der Waals surface area contributed by atoms with Crippen molar-refractivity contribution in [1.29, 1.82) is 0 Å². The van der Waals surface area contributed by atoms with E-state index in [-0.39, 0.29) is 12.2 Å². The van der Waals surface area contributed by atoms with Gasteiger partial charge in [-0.15, -0.1) is 0 Å². The minimum atomic E-state index is -4.80. The van der Waals surface area contributed by atoms with Crippen molar-refractivity contribution in [3.8, 4) is 0 Å². The van der Waals surface area contributed by atoms with E-state index in [4.69, 9.17) is 11.6 Å². The molecule has 0 aliphatic carbocycles. The van der Waals surface area contributed by atoms with Crippen LogP contribution in [0.1, 0.15) is 18.9 Å². The molecular formula is C12H13ClF3NO4S2. The van der Waals surface area contributed by atoms with E-state index in [1.54, 1.807) is 0 Å². The van der Waals surface area contributed by atoms with Crippen molar-refractivity contribution < 1.29 is 30.0 Å². The maximum Gasteiger partial charge on any atom is 0.417 e. The molecule has 0 bridgehead atoms. The summed E-state index contributed by atoms with van der Waals surface area (Å²) in [5.41, 5.74) is -2.53. The zero-order valence-corrected chi connectivity index (χ0v) is 14.2. The van der Waals surface area contributed by atoms with Crippen molar-refractivity contribution in [1.82, 2.24) is 4.72 Å². The van der Waals surface area contributed by atoms with E-state index in [1.165, 1.54) is 6.92 Å². The average Bonchev–Trinajstić information content (AvgIpc) is 2.60. The molecule has 1 aliphatic rings. The monoisotopic (exact) mass is 391 g/mol. The fourth-order valence-electron chi connectivity index (χ4n) is 2.36. The van der Waals surface area contributed by atoms with Crippen LogP contribution in [0.2, 0.25) is 5.02 Å². The SMILES string of the molecule is C[C@]1(NS(=O)(=O)c2ccc(Cl)c(C(F)(F)F)c2)CCS(=O)(=O)C1. The lowest BCUT2D eigenvalue weighted by atomic mass is 10.0. The Labute approximate surface area is 136 Å². The maximum atomic E-state index is 12.8. The highest BCUT2D eigenvalue weighted by Gasteiger charge is 2.42. The molecule has 0 radical (unpaired) electrons. The summed E-state index contributed by atoms with van der Waals surface area (Å²) in [7, 11) is -7.70. The smallest absolute Gasteiger partial charge is 0.229 e. The van der Waals surface area contributed by atoms with Crippen LogP contribution in [0.4, 0.5) is 13.2 Å². The zero-order valence-electron chi connectivity index (χ0n) is 11.8. The Hall–Kier alpha value is -0.840. The number of benzene rings is 1. The van der Waals surface area contributed by atoms with Crippen LogP contribution < -0.4 is 4.72 Å². The van der Waals surface area contributed by atoms with E-state index >= 15 is 0 Å². The molecule has 1 heterocycles. The van der Waals surface area contributed by atoms with Gasteiger partial charge in [-0.1, -0.05) is 11.6 Å². The topological polar surface area (TPSA) is 80.3 Å². The third-order valence-corrected chi connectivity index (χ3v) is 7.31. The highest BCUT2D eigenvalue weighted by molar-refractivity contribution is 7.92. The molecule has 0 spiro atoms. The molecule has 11 heteroatoms. The first-order valence-electron chi connectivity index (χ1n) is 6.35. The van der Waals surface area contributed by atoms with Crippen molar-refractivity contribution >= 4 is 31.5 Å². The van der Waals surface area contributed by atoms with Gasteiger partial charge >= 0.3 is 6.18 Å². The molecule has 1 atom stereocenters. The van der Waals surface area contributed by atoms with Gasteiger partial charge in [0, 0.05) is 5.54 Å². The van der Waals surface area contributed by atoms with Gasteiger partial charge in [0.05, 0.1) is 27.0 Å². The molecule has 2 rings (SSSR count). The Balaban J connectivity index is 2.38. The fraction of sp³-hybridized carbons (Fsp3) is 0.500. The Bertz CT molecular complexity index is 836. The molecule has 1 fully saturated rings. The quantitative estimate of drug-likeness (QED) is 0.856. The largest absolute Gasteiger partial charge is 0.417 e. The van der Waals surface area contributed by atoms with Gasteiger partial charge in [-0.3, -0.25) is 0 Å². The van der Waals surface area contributed by atoms with Gasteiger partial charge in [0.1, 0.15) is 0 Å². The third-order valence-electron chi connectivity index (χ3n) is 3.44. The summed E-state index contributed by atoms with van der Waals surface area (Å²) in [6, 6.07) is 2.21. The normalized spacial score (nSPS) is 24.7. The van der Waals surface area contributed by atoms with Gasteiger partial charge in [0.15, 0.2) is 9.84 Å². The lowest BCUT2D eigenvalue weighted by molar-refractivity contribution is -0.137. The first-order chi connectivity index (χ1) is 10.2. The van der Waals surface area contributed by atoms with E-state index in [2.05, 4.69) is 4.72 Å². The van der Waals surface area contributed by atoms with Crippen LogP contribution in [0, 0.1) is 0 Å². The maximum absolute atomic E-state index is 12.8. The Kier molecular flexibility index (Phi) is 4.51. The first kappa shape index (κ1) is 18.5. The van der Waals surface area contributed by atoms with E-state index < -0.39 is 52.8 Å². The third kappa shape index (κ3) is 4.17. The second-order valence-corrected chi connectivity index (χ2v) is 9.92. The van der Waals surface area contributed by atoms with Crippen LogP contribution in [0.15, 0.2) is 23.1 Å². The van der Waals surface area contributed by atoms with Gasteiger partial charge < -0.3 is 0 Å². The molecule has 23 heavy (non-hydrogen) atoms. The second kappa shape index (κ2) is 5.61. The molecule has 0 aromatic heterocycles. The molecule has 1 N–H and O–H groups in total. The van der Waals surface area contributed by atoms with Crippen LogP contribution in [-0.2, 0) is 26.0 Å². The molecule has 5 nitrogen and oxygen atoms in total. The van der Waals surface area contributed by atoms with Gasteiger partial charge in [-0.25, -0.2) is 21.6 Å². The van der Waals surface area contributed by atoms with Crippen molar-refractivity contribution in [2.24, 2.45) is 0 Å². The molecule has 0 unspecified atom stereocenters. The van der Waals surface area contributed by atoms with Gasteiger partial charge in [-0.2, -0.15) is 13.2 Å². The summed E-state index contributed by atoms with van der Waals surface area (Å²) in [5.74, 6) is -0.584. The van der Waals surface area contributed by atoms with Crippen LogP contribution in [0.5, 0.6) is 0 Å². The van der Waals surface area contributed by atoms with Crippen molar-refractivity contribution in [3.63, 3.8) is 0 Å². The summed E-state index contributed by atoms with van der Waals surface area (Å²) in [6.07, 6.45) is -4.75. The molecule has 1 saturated heterocycles. The fourth-order valence-corrected chi connectivity index (χ4v) is 6.23. The minimum absolute atomic E-state index is 0.0499. The molecule has 1 aromatic rings. The number of halogens is 4. The van der Waals surface area contributed by atoms with E-state index in [0.717, 1.165) is 12.1 Å². The van der Waals surface area contributed by atoms with Crippen LogP contribution in [-0.4, -0.2) is 33.9 Å². The standard InChI is InChI=1S/C12H13ClF3NO4S2/c1-11(4-5-22(18,19)7-11)17-23(20,21)8-2-3-10(13)9(6-8)12(14,15)16/h2-3,6,17H,4-5,7H2,1H3/t11-/m0/s1. The molecule has 0 amide bonds. The Morgan fingerprint density at radius 1 is 1.30 bits per heavy atom. The number of nitrogens with one attached hydrogen (secondary N) is 1. The molecule has 1 aliphatic heterocycles. The second-order valence-electron chi connectivity index (χ2n) is 5.65. The van der Waals surface area contributed by atoms with E-state index in [9.17, 15) is 30.0 Å². The lowest BCUT2D eigenvalue weighted by Gasteiger charge is -2.23. The van der Waals surface area contributed by atoms with Crippen LogP contribution in [0.3, 0.4) is 0 Å². The summed E-state index contributed by atoms with van der Waals surface area (Å²) in [5, 5.41) is -0.619. The van der Waals surface area contributed by atoms with Crippen LogP contribution in [0.25, 0.3) is 0 Å². The van der Waals surface area contributed by atoms with Crippen LogP contribution >= 0.6 is 11.6 Å². The van der Waals surface area contributed by atoms with E-state index in [0.29, 0.717) is 6.07 Å². The highest BCUT2D eigenvalue weighted by Crippen LogP contribution is 2.36. The van der Waals surface area contributed by atoms with Gasteiger partial charge in [0.25, 0.3) is 0 Å². The predicted molar refractivity (Wildman–Crippen MR) is 78.5 cm³/mol. The summed E-state index contributed by atoms with van der Waals surface area (Å²) in [6.45, 7) is 1.40. The van der Waals surface area contributed by atoms with Crippen molar-refractivity contribution in [3.05, 3.63) is 28.8 Å². The van der Waals surface area contributed by atoms with Crippen molar-refractivity contribution in [2.45, 2.75) is 30.0 Å².